The number of ether oxygens (including phenoxy) is 1. The number of benzene rings is 1. The van der Waals surface area contributed by atoms with Crippen molar-refractivity contribution < 1.29 is 22.7 Å². The Kier molecular flexibility index (Phi) is 5.61. The molecule has 1 aromatic carbocycles. The molecule has 1 atom stereocenters. The zero-order valence-corrected chi connectivity index (χ0v) is 14.9. The molecule has 1 amide bonds. The first-order valence-electron chi connectivity index (χ1n) is 7.75. The van der Waals surface area contributed by atoms with Crippen molar-refractivity contribution in [1.82, 2.24) is 9.62 Å². The van der Waals surface area contributed by atoms with Crippen molar-refractivity contribution in [3.05, 3.63) is 29.3 Å². The Hall–Kier alpha value is -1.93. The average Bonchev–Trinajstić information content (AvgIpc) is 2.59. The Bertz CT molecular complexity index is 745. The molecule has 0 aliphatic carbocycles. The highest BCUT2D eigenvalue weighted by Crippen LogP contribution is 2.28. The number of hydrogen-bond donors (Lipinski definition) is 1. The van der Waals surface area contributed by atoms with E-state index in [0.717, 1.165) is 6.42 Å². The SMILES string of the molecule is CNC(=O)C1CCCCN1S(=O)(=O)c1ccc(C(=O)OC)cc1C. The number of methoxy groups -OCH3 is 1. The number of esters is 1. The Balaban J connectivity index is 2.42. The van der Waals surface area contributed by atoms with Gasteiger partial charge in [0, 0.05) is 13.6 Å². The number of nitrogens with one attached hydrogen (secondary N) is 1. The number of likely N-dealkylation sites (N-methyl/N-ethyl adjacent to an activating group) is 1. The van der Waals surface area contributed by atoms with E-state index in [9.17, 15) is 18.0 Å². The fourth-order valence-electron chi connectivity index (χ4n) is 2.93. The van der Waals surface area contributed by atoms with Gasteiger partial charge in [-0.15, -0.1) is 0 Å². The van der Waals surface area contributed by atoms with Gasteiger partial charge in [0.15, 0.2) is 0 Å². The van der Waals surface area contributed by atoms with Gasteiger partial charge >= 0.3 is 5.97 Å². The van der Waals surface area contributed by atoms with Crippen molar-refractivity contribution in [2.45, 2.75) is 37.1 Å². The van der Waals surface area contributed by atoms with Crippen LogP contribution in [0.5, 0.6) is 0 Å². The minimum atomic E-state index is -3.83. The lowest BCUT2D eigenvalue weighted by Crippen LogP contribution is -2.51. The summed E-state index contributed by atoms with van der Waals surface area (Å²) in [6.07, 6.45) is 2.02. The Labute approximate surface area is 142 Å². The zero-order chi connectivity index (χ0) is 17.9. The van der Waals surface area contributed by atoms with Gasteiger partial charge in [0.25, 0.3) is 0 Å². The molecule has 0 radical (unpaired) electrons. The summed E-state index contributed by atoms with van der Waals surface area (Å²) in [5, 5.41) is 2.53. The van der Waals surface area contributed by atoms with Crippen LogP contribution in [0.1, 0.15) is 35.2 Å². The number of hydrogen-bond acceptors (Lipinski definition) is 5. The molecule has 24 heavy (non-hydrogen) atoms. The summed E-state index contributed by atoms with van der Waals surface area (Å²) in [4.78, 5) is 23.7. The van der Waals surface area contributed by atoms with Crippen LogP contribution < -0.4 is 5.32 Å². The summed E-state index contributed by atoms with van der Waals surface area (Å²) in [7, 11) is -1.06. The van der Waals surface area contributed by atoms with E-state index >= 15 is 0 Å². The third kappa shape index (κ3) is 3.44. The maximum absolute atomic E-state index is 13.0. The number of aryl methyl sites for hydroxylation is 1. The molecule has 1 aromatic rings. The summed E-state index contributed by atoms with van der Waals surface area (Å²) in [5.41, 5.74) is 0.731. The van der Waals surface area contributed by atoms with E-state index in [4.69, 9.17) is 0 Å². The van der Waals surface area contributed by atoms with Crippen LogP contribution in [0.3, 0.4) is 0 Å². The minimum Gasteiger partial charge on any atom is -0.465 e. The predicted molar refractivity (Wildman–Crippen MR) is 88.1 cm³/mol. The van der Waals surface area contributed by atoms with E-state index in [0.29, 0.717) is 24.9 Å². The second-order valence-corrected chi connectivity index (χ2v) is 7.57. The van der Waals surface area contributed by atoms with Crippen LogP contribution in [-0.4, -0.2) is 51.3 Å². The molecule has 8 heteroatoms. The van der Waals surface area contributed by atoms with E-state index in [1.54, 1.807) is 6.92 Å². The minimum absolute atomic E-state index is 0.103. The fourth-order valence-corrected chi connectivity index (χ4v) is 4.80. The molecule has 1 N–H and O–H groups in total. The zero-order valence-electron chi connectivity index (χ0n) is 14.0. The Morgan fingerprint density at radius 1 is 1.29 bits per heavy atom. The molecule has 1 aliphatic heterocycles. The molecule has 0 saturated carbocycles. The summed E-state index contributed by atoms with van der Waals surface area (Å²) < 4.78 is 31.9. The maximum atomic E-state index is 13.0. The predicted octanol–water partition coefficient (Wildman–Crippen LogP) is 1.07. The monoisotopic (exact) mass is 354 g/mol. The first-order valence-corrected chi connectivity index (χ1v) is 9.19. The number of sulfonamides is 1. The lowest BCUT2D eigenvalue weighted by atomic mass is 10.0. The molecule has 7 nitrogen and oxygen atoms in total. The second-order valence-electron chi connectivity index (χ2n) is 5.71. The van der Waals surface area contributed by atoms with Gasteiger partial charge < -0.3 is 10.1 Å². The van der Waals surface area contributed by atoms with Gasteiger partial charge in [0.05, 0.1) is 17.6 Å². The molecular weight excluding hydrogens is 332 g/mol. The highest BCUT2D eigenvalue weighted by molar-refractivity contribution is 7.89. The smallest absolute Gasteiger partial charge is 0.337 e. The highest BCUT2D eigenvalue weighted by atomic mass is 32.2. The van der Waals surface area contributed by atoms with Crippen LogP contribution in [0.25, 0.3) is 0 Å². The van der Waals surface area contributed by atoms with Gasteiger partial charge in [-0.2, -0.15) is 4.31 Å². The molecule has 132 valence electrons. The van der Waals surface area contributed by atoms with Crippen LogP contribution in [-0.2, 0) is 19.6 Å². The summed E-state index contributed by atoms with van der Waals surface area (Å²) in [6.45, 7) is 1.93. The first kappa shape index (κ1) is 18.4. The summed E-state index contributed by atoms with van der Waals surface area (Å²) in [5.74, 6) is -0.828. The van der Waals surface area contributed by atoms with Crippen LogP contribution in [0.4, 0.5) is 0 Å². The van der Waals surface area contributed by atoms with E-state index in [2.05, 4.69) is 10.1 Å². The topological polar surface area (TPSA) is 92.8 Å². The van der Waals surface area contributed by atoms with Gasteiger partial charge in [0.2, 0.25) is 15.9 Å². The molecule has 0 bridgehead atoms. The van der Waals surface area contributed by atoms with Crippen molar-refractivity contribution in [3.8, 4) is 0 Å². The fraction of sp³-hybridized carbons (Fsp3) is 0.500. The normalized spacial score (nSPS) is 18.9. The second kappa shape index (κ2) is 7.31. The quantitative estimate of drug-likeness (QED) is 0.817. The number of carbonyl (C=O) groups is 2. The molecular formula is C16H22N2O5S. The van der Waals surface area contributed by atoms with Gasteiger partial charge in [0.1, 0.15) is 6.04 Å². The van der Waals surface area contributed by atoms with Crippen molar-refractivity contribution in [3.63, 3.8) is 0 Å². The van der Waals surface area contributed by atoms with Crippen LogP contribution in [0.15, 0.2) is 23.1 Å². The molecule has 1 aliphatic rings. The number of amides is 1. The van der Waals surface area contributed by atoms with E-state index in [-0.39, 0.29) is 16.4 Å². The number of rotatable bonds is 4. The molecule has 0 aromatic heterocycles. The van der Waals surface area contributed by atoms with Gasteiger partial charge in [-0.05, 0) is 43.5 Å². The average molecular weight is 354 g/mol. The number of nitrogens with zero attached hydrogens (tertiary/aromatic N) is 1. The van der Waals surface area contributed by atoms with Crippen LogP contribution in [0.2, 0.25) is 0 Å². The van der Waals surface area contributed by atoms with Crippen LogP contribution in [0, 0.1) is 6.92 Å². The van der Waals surface area contributed by atoms with E-state index in [1.807, 2.05) is 0 Å². The van der Waals surface area contributed by atoms with Crippen molar-refractivity contribution in [2.75, 3.05) is 20.7 Å². The van der Waals surface area contributed by atoms with Gasteiger partial charge in [-0.25, -0.2) is 13.2 Å². The molecule has 2 rings (SSSR count). The van der Waals surface area contributed by atoms with Crippen LogP contribution >= 0.6 is 0 Å². The van der Waals surface area contributed by atoms with E-state index in [1.165, 1.54) is 36.7 Å². The molecule has 1 heterocycles. The third-order valence-electron chi connectivity index (χ3n) is 4.19. The molecule has 0 spiro atoms. The standard InChI is InChI=1S/C16H22N2O5S/c1-11-10-12(16(20)23-3)7-8-14(11)24(21,22)18-9-5-4-6-13(18)15(19)17-2/h7-8,10,13H,4-6,9H2,1-3H3,(H,17,19). The summed E-state index contributed by atoms with van der Waals surface area (Å²) >= 11 is 0. The van der Waals surface area contributed by atoms with Crippen molar-refractivity contribution in [1.29, 1.82) is 0 Å². The number of carbonyl (C=O) groups excluding carboxylic acids is 2. The summed E-state index contributed by atoms with van der Waals surface area (Å²) in [6, 6.07) is 3.60. The van der Waals surface area contributed by atoms with Gasteiger partial charge in [-0.3, -0.25) is 4.79 Å². The van der Waals surface area contributed by atoms with E-state index < -0.39 is 22.0 Å². The molecule has 1 unspecified atom stereocenters. The molecule has 1 fully saturated rings. The lowest BCUT2D eigenvalue weighted by molar-refractivity contribution is -0.125. The largest absolute Gasteiger partial charge is 0.465 e. The Morgan fingerprint density at radius 3 is 2.58 bits per heavy atom. The Morgan fingerprint density at radius 2 is 2.00 bits per heavy atom. The lowest BCUT2D eigenvalue weighted by Gasteiger charge is -2.33. The highest BCUT2D eigenvalue weighted by Gasteiger charge is 2.37. The third-order valence-corrected chi connectivity index (χ3v) is 6.25. The van der Waals surface area contributed by atoms with Crippen molar-refractivity contribution in [2.24, 2.45) is 0 Å². The molecule has 1 saturated heterocycles. The number of piperidine rings is 1. The van der Waals surface area contributed by atoms with Crippen molar-refractivity contribution >= 4 is 21.9 Å². The van der Waals surface area contributed by atoms with Gasteiger partial charge in [-0.1, -0.05) is 6.42 Å². The first-order chi connectivity index (χ1) is 11.3. The maximum Gasteiger partial charge on any atom is 0.337 e.